The second kappa shape index (κ2) is 7.95. The van der Waals surface area contributed by atoms with Crippen molar-refractivity contribution in [3.63, 3.8) is 0 Å². The highest BCUT2D eigenvalue weighted by Gasteiger charge is 2.15. The van der Waals surface area contributed by atoms with E-state index in [9.17, 15) is 4.79 Å². The van der Waals surface area contributed by atoms with Gasteiger partial charge in [0.05, 0.1) is 12.7 Å². The Hall–Kier alpha value is -1.66. The average Bonchev–Trinajstić information content (AvgIpc) is 3.04. The molecule has 1 aromatic rings. The lowest BCUT2D eigenvalue weighted by Crippen LogP contribution is -2.28. The molecule has 0 saturated heterocycles. The summed E-state index contributed by atoms with van der Waals surface area (Å²) in [5.74, 6) is 5.75. The zero-order valence-corrected chi connectivity index (χ0v) is 12.5. The van der Waals surface area contributed by atoms with Crippen LogP contribution in [0.5, 0.6) is 0 Å². The number of aromatic nitrogens is 1. The Morgan fingerprint density at radius 3 is 2.86 bits per heavy atom. The molecular weight excluding hydrogens is 268 g/mol. The molecule has 2 rings (SSSR count). The maximum atomic E-state index is 12.1. The van der Waals surface area contributed by atoms with Gasteiger partial charge in [-0.2, -0.15) is 0 Å². The topological polar surface area (TPSA) is 89.3 Å². The number of anilines is 1. The predicted octanol–water partition coefficient (Wildman–Crippen LogP) is 1.62. The lowest BCUT2D eigenvalue weighted by molar-refractivity contribution is 0.0582. The number of pyridine rings is 1. The Morgan fingerprint density at radius 1 is 1.43 bits per heavy atom. The van der Waals surface area contributed by atoms with Crippen LogP contribution in [0.25, 0.3) is 0 Å². The first-order chi connectivity index (χ1) is 10.2. The molecule has 1 fully saturated rings. The number of rotatable bonds is 7. The number of hydrogen-bond donors (Lipinski definition) is 3. The van der Waals surface area contributed by atoms with Crippen LogP contribution in [-0.4, -0.2) is 30.1 Å². The molecule has 0 radical (unpaired) electrons. The molecular formula is C15H24N4O2. The van der Waals surface area contributed by atoms with Gasteiger partial charge in [0.2, 0.25) is 0 Å². The molecule has 0 unspecified atom stereocenters. The van der Waals surface area contributed by atoms with E-state index in [0.29, 0.717) is 30.6 Å². The van der Waals surface area contributed by atoms with Gasteiger partial charge in [0, 0.05) is 17.8 Å². The number of nitrogens with zero attached hydrogens (tertiary/aromatic N) is 1. The Kier molecular flexibility index (Phi) is 5.95. The van der Waals surface area contributed by atoms with E-state index in [0.717, 1.165) is 25.0 Å². The first-order valence-corrected chi connectivity index (χ1v) is 7.60. The Morgan fingerprint density at radius 2 is 2.19 bits per heavy atom. The van der Waals surface area contributed by atoms with Crippen molar-refractivity contribution in [1.82, 2.24) is 10.3 Å². The molecule has 4 N–H and O–H groups in total. The summed E-state index contributed by atoms with van der Waals surface area (Å²) >= 11 is 0. The highest BCUT2D eigenvalue weighted by molar-refractivity contribution is 5.94. The summed E-state index contributed by atoms with van der Waals surface area (Å²) < 4.78 is 5.72. The molecule has 21 heavy (non-hydrogen) atoms. The van der Waals surface area contributed by atoms with Crippen LogP contribution in [0, 0.1) is 0 Å². The molecule has 1 aliphatic carbocycles. The number of hydrazine groups is 1. The second-order valence-electron chi connectivity index (χ2n) is 5.26. The largest absolute Gasteiger partial charge is 0.376 e. The van der Waals surface area contributed by atoms with Gasteiger partial charge in [0.1, 0.15) is 5.82 Å². The van der Waals surface area contributed by atoms with Crippen LogP contribution in [0.1, 0.15) is 48.7 Å². The molecule has 6 nitrogen and oxygen atoms in total. The highest BCUT2D eigenvalue weighted by atomic mass is 16.5. The zero-order chi connectivity index (χ0) is 15.1. The van der Waals surface area contributed by atoms with Gasteiger partial charge in [-0.1, -0.05) is 19.8 Å². The van der Waals surface area contributed by atoms with Crippen molar-refractivity contribution in [1.29, 1.82) is 0 Å². The summed E-state index contributed by atoms with van der Waals surface area (Å²) in [4.78, 5) is 16.4. The standard InChI is InChI=1S/C15H24N4O2/c1-2-12-9-11(10-14(18-12)19-16)15(20)17-7-8-21-13-5-3-4-6-13/h9-10,13H,2-8,16H2,1H3,(H,17,20)(H,18,19). The van der Waals surface area contributed by atoms with Crippen molar-refractivity contribution in [3.8, 4) is 0 Å². The third-order valence-corrected chi connectivity index (χ3v) is 3.69. The van der Waals surface area contributed by atoms with Gasteiger partial charge in [-0.25, -0.2) is 10.8 Å². The van der Waals surface area contributed by atoms with E-state index in [2.05, 4.69) is 15.7 Å². The van der Waals surface area contributed by atoms with Gasteiger partial charge in [-0.05, 0) is 31.4 Å². The molecule has 0 aliphatic heterocycles. The minimum Gasteiger partial charge on any atom is -0.376 e. The maximum Gasteiger partial charge on any atom is 0.251 e. The molecule has 6 heteroatoms. The van der Waals surface area contributed by atoms with Crippen molar-refractivity contribution in [2.24, 2.45) is 5.84 Å². The number of amides is 1. The van der Waals surface area contributed by atoms with Gasteiger partial charge >= 0.3 is 0 Å². The number of nitrogens with two attached hydrogens (primary N) is 1. The summed E-state index contributed by atoms with van der Waals surface area (Å²) in [7, 11) is 0. The first kappa shape index (κ1) is 15.7. The van der Waals surface area contributed by atoms with Gasteiger partial charge in [0.25, 0.3) is 5.91 Å². The lowest BCUT2D eigenvalue weighted by Gasteiger charge is -2.12. The Bertz CT molecular complexity index is 450. The van der Waals surface area contributed by atoms with Crippen molar-refractivity contribution in [2.45, 2.75) is 45.1 Å². The number of carbonyl (C=O) groups excluding carboxylic acids is 1. The van der Waals surface area contributed by atoms with Crippen molar-refractivity contribution >= 4 is 11.7 Å². The maximum absolute atomic E-state index is 12.1. The number of aryl methyl sites for hydroxylation is 1. The van der Waals surface area contributed by atoms with Crippen molar-refractivity contribution in [3.05, 3.63) is 23.4 Å². The van der Waals surface area contributed by atoms with E-state index in [1.807, 2.05) is 6.92 Å². The van der Waals surface area contributed by atoms with Crippen molar-refractivity contribution in [2.75, 3.05) is 18.6 Å². The fraction of sp³-hybridized carbons (Fsp3) is 0.600. The minimum absolute atomic E-state index is 0.126. The molecule has 1 saturated carbocycles. The molecule has 0 spiro atoms. The van der Waals surface area contributed by atoms with Crippen LogP contribution in [-0.2, 0) is 11.2 Å². The van der Waals surface area contributed by atoms with Crippen LogP contribution >= 0.6 is 0 Å². The molecule has 0 bridgehead atoms. The lowest BCUT2D eigenvalue weighted by atomic mass is 10.2. The molecule has 1 aliphatic rings. The molecule has 1 heterocycles. The van der Waals surface area contributed by atoms with Crippen LogP contribution in [0.4, 0.5) is 5.82 Å². The molecule has 0 aromatic carbocycles. The fourth-order valence-electron chi connectivity index (χ4n) is 2.52. The Balaban J connectivity index is 1.81. The zero-order valence-electron chi connectivity index (χ0n) is 12.5. The monoisotopic (exact) mass is 292 g/mol. The highest BCUT2D eigenvalue weighted by Crippen LogP contribution is 2.20. The van der Waals surface area contributed by atoms with E-state index in [-0.39, 0.29) is 5.91 Å². The van der Waals surface area contributed by atoms with E-state index < -0.39 is 0 Å². The van der Waals surface area contributed by atoms with Crippen molar-refractivity contribution < 1.29 is 9.53 Å². The third kappa shape index (κ3) is 4.68. The summed E-state index contributed by atoms with van der Waals surface area (Å²) in [6, 6.07) is 3.43. The SMILES string of the molecule is CCc1cc(C(=O)NCCOC2CCCC2)cc(NN)n1. The number of nitrogens with one attached hydrogen (secondary N) is 2. The van der Waals surface area contributed by atoms with Gasteiger partial charge < -0.3 is 15.5 Å². The minimum atomic E-state index is -0.126. The van der Waals surface area contributed by atoms with Crippen LogP contribution in [0.3, 0.4) is 0 Å². The van der Waals surface area contributed by atoms with E-state index in [4.69, 9.17) is 10.6 Å². The van der Waals surface area contributed by atoms with E-state index in [1.165, 1.54) is 12.8 Å². The number of carbonyl (C=O) groups is 1. The normalized spacial score (nSPS) is 15.1. The summed E-state index contributed by atoms with van der Waals surface area (Å²) in [5.41, 5.74) is 3.88. The summed E-state index contributed by atoms with van der Waals surface area (Å²) in [6.45, 7) is 3.06. The van der Waals surface area contributed by atoms with E-state index in [1.54, 1.807) is 12.1 Å². The number of nitrogen functional groups attached to an aromatic ring is 1. The average molecular weight is 292 g/mol. The molecule has 1 amide bonds. The number of hydrogen-bond acceptors (Lipinski definition) is 5. The second-order valence-corrected chi connectivity index (χ2v) is 5.26. The van der Waals surface area contributed by atoms with Gasteiger partial charge in [0.15, 0.2) is 0 Å². The molecule has 1 aromatic heterocycles. The number of ether oxygens (including phenoxy) is 1. The first-order valence-electron chi connectivity index (χ1n) is 7.60. The van der Waals surface area contributed by atoms with Crippen LogP contribution < -0.4 is 16.6 Å². The smallest absolute Gasteiger partial charge is 0.251 e. The molecule has 0 atom stereocenters. The summed E-state index contributed by atoms with van der Waals surface area (Å²) in [6.07, 6.45) is 5.92. The Labute approximate surface area is 125 Å². The molecule has 116 valence electrons. The van der Waals surface area contributed by atoms with E-state index >= 15 is 0 Å². The predicted molar refractivity (Wildman–Crippen MR) is 82.0 cm³/mol. The van der Waals surface area contributed by atoms with Crippen LogP contribution in [0.15, 0.2) is 12.1 Å². The summed E-state index contributed by atoms with van der Waals surface area (Å²) in [5, 5.41) is 2.87. The van der Waals surface area contributed by atoms with Gasteiger partial charge in [-0.3, -0.25) is 4.79 Å². The van der Waals surface area contributed by atoms with Crippen LogP contribution in [0.2, 0.25) is 0 Å². The third-order valence-electron chi connectivity index (χ3n) is 3.69. The van der Waals surface area contributed by atoms with Gasteiger partial charge in [-0.15, -0.1) is 0 Å². The quantitative estimate of drug-likeness (QED) is 0.404. The fourth-order valence-corrected chi connectivity index (χ4v) is 2.52.